The summed E-state index contributed by atoms with van der Waals surface area (Å²) in [5.74, 6) is -0.306. The maximum atomic E-state index is 12.8. The zero-order chi connectivity index (χ0) is 15.9. The van der Waals surface area contributed by atoms with E-state index in [2.05, 4.69) is 10.6 Å². The van der Waals surface area contributed by atoms with Crippen LogP contribution in [0.3, 0.4) is 0 Å². The number of fused-ring (bicyclic) bond motifs is 1. The summed E-state index contributed by atoms with van der Waals surface area (Å²) in [6, 6.07) is 10.2. The lowest BCUT2D eigenvalue weighted by atomic mass is 10.0. The number of nitrogens with one attached hydrogen (secondary N) is 2. The molecule has 0 bridgehead atoms. The quantitative estimate of drug-likeness (QED) is 0.840. The van der Waals surface area contributed by atoms with Gasteiger partial charge in [0.2, 0.25) is 0 Å². The molecule has 1 unspecified atom stereocenters. The highest BCUT2D eigenvalue weighted by molar-refractivity contribution is 6.02. The second-order valence-corrected chi connectivity index (χ2v) is 5.17. The zero-order valence-corrected chi connectivity index (χ0v) is 11.7. The predicted molar refractivity (Wildman–Crippen MR) is 76.5 cm³/mol. The zero-order valence-electron chi connectivity index (χ0n) is 11.7. The van der Waals surface area contributed by atoms with E-state index in [1.807, 2.05) is 13.0 Å². The predicted octanol–water partition coefficient (Wildman–Crippen LogP) is 3.87. The Morgan fingerprint density at radius 3 is 2.50 bits per heavy atom. The van der Waals surface area contributed by atoms with Crippen molar-refractivity contribution in [3.63, 3.8) is 0 Å². The first-order valence-electron chi connectivity index (χ1n) is 6.70. The number of benzene rings is 2. The van der Waals surface area contributed by atoms with Gasteiger partial charge < -0.3 is 10.6 Å². The maximum Gasteiger partial charge on any atom is 0.416 e. The molecule has 0 radical (unpaired) electrons. The van der Waals surface area contributed by atoms with Crippen LogP contribution in [0.25, 0.3) is 0 Å². The fraction of sp³-hybridized carbons (Fsp3) is 0.188. The Morgan fingerprint density at radius 1 is 1.05 bits per heavy atom. The Balaban J connectivity index is 1.98. The fourth-order valence-corrected chi connectivity index (χ4v) is 2.50. The molecule has 0 saturated carbocycles. The van der Waals surface area contributed by atoms with Gasteiger partial charge in [0, 0.05) is 0 Å². The van der Waals surface area contributed by atoms with E-state index >= 15 is 0 Å². The normalized spacial score (nSPS) is 17.5. The maximum absolute atomic E-state index is 12.8. The van der Waals surface area contributed by atoms with Gasteiger partial charge in [-0.05, 0) is 36.2 Å². The standard InChI is InChI=1S/C16H13F3N2O/c1-9-4-2-7-12-13(9)20-14(21-15(12)22)10-5-3-6-11(8-10)16(17,18)19/h2-8,14,20H,1H3,(H,21,22). The Labute approximate surface area is 125 Å². The summed E-state index contributed by atoms with van der Waals surface area (Å²) >= 11 is 0. The summed E-state index contributed by atoms with van der Waals surface area (Å²) in [7, 11) is 0. The summed E-state index contributed by atoms with van der Waals surface area (Å²) in [4.78, 5) is 12.1. The van der Waals surface area contributed by atoms with E-state index in [1.54, 1.807) is 18.2 Å². The summed E-state index contributed by atoms with van der Waals surface area (Å²) in [6.45, 7) is 1.84. The molecule has 0 saturated heterocycles. The molecule has 0 aliphatic carbocycles. The first-order chi connectivity index (χ1) is 10.4. The van der Waals surface area contributed by atoms with Gasteiger partial charge in [-0.15, -0.1) is 0 Å². The van der Waals surface area contributed by atoms with Crippen LogP contribution in [0.15, 0.2) is 42.5 Å². The highest BCUT2D eigenvalue weighted by Crippen LogP contribution is 2.33. The number of anilines is 1. The number of amides is 1. The Bertz CT molecular complexity index is 740. The van der Waals surface area contributed by atoms with Crippen LogP contribution in [0, 0.1) is 6.92 Å². The molecular formula is C16H13F3N2O. The molecule has 2 aromatic rings. The molecular weight excluding hydrogens is 293 g/mol. The molecule has 1 amide bonds. The third-order valence-corrected chi connectivity index (χ3v) is 3.63. The molecule has 0 aromatic heterocycles. The molecule has 1 aliphatic heterocycles. The highest BCUT2D eigenvalue weighted by atomic mass is 19.4. The third-order valence-electron chi connectivity index (χ3n) is 3.63. The van der Waals surface area contributed by atoms with Gasteiger partial charge in [0.25, 0.3) is 5.91 Å². The number of rotatable bonds is 1. The Morgan fingerprint density at radius 2 is 1.77 bits per heavy atom. The van der Waals surface area contributed by atoms with Gasteiger partial charge in [-0.1, -0.05) is 24.3 Å². The van der Waals surface area contributed by atoms with E-state index in [0.717, 1.165) is 17.7 Å². The van der Waals surface area contributed by atoms with E-state index in [9.17, 15) is 18.0 Å². The number of alkyl halides is 3. The van der Waals surface area contributed by atoms with Crippen LogP contribution in [0.1, 0.15) is 33.2 Å². The third kappa shape index (κ3) is 2.52. The average Bonchev–Trinajstić information content (AvgIpc) is 2.47. The van der Waals surface area contributed by atoms with Gasteiger partial charge in [-0.3, -0.25) is 4.79 Å². The van der Waals surface area contributed by atoms with Crippen molar-refractivity contribution in [1.29, 1.82) is 0 Å². The lowest BCUT2D eigenvalue weighted by Crippen LogP contribution is -2.38. The van der Waals surface area contributed by atoms with Crippen molar-refractivity contribution in [3.05, 3.63) is 64.7 Å². The molecule has 3 nitrogen and oxygen atoms in total. The number of hydrogen-bond acceptors (Lipinski definition) is 2. The molecule has 2 N–H and O–H groups in total. The summed E-state index contributed by atoms with van der Waals surface area (Å²) in [6.07, 6.45) is -5.11. The number of carbonyl (C=O) groups excluding carboxylic acids is 1. The SMILES string of the molecule is Cc1cccc2c1NC(c1cccc(C(F)(F)F)c1)NC2=O. The second-order valence-electron chi connectivity index (χ2n) is 5.17. The van der Waals surface area contributed by atoms with Gasteiger partial charge in [0.05, 0.1) is 16.8 Å². The monoisotopic (exact) mass is 306 g/mol. The van der Waals surface area contributed by atoms with Crippen molar-refractivity contribution in [1.82, 2.24) is 5.32 Å². The molecule has 114 valence electrons. The van der Waals surface area contributed by atoms with E-state index in [4.69, 9.17) is 0 Å². The first-order valence-corrected chi connectivity index (χ1v) is 6.70. The van der Waals surface area contributed by atoms with E-state index < -0.39 is 17.9 Å². The number of para-hydroxylation sites is 1. The molecule has 22 heavy (non-hydrogen) atoms. The Kier molecular flexibility index (Phi) is 3.31. The summed E-state index contributed by atoms with van der Waals surface area (Å²) < 4.78 is 38.4. The van der Waals surface area contributed by atoms with Crippen molar-refractivity contribution in [2.75, 3.05) is 5.32 Å². The first kappa shape index (κ1) is 14.4. The van der Waals surface area contributed by atoms with E-state index in [-0.39, 0.29) is 5.91 Å². The topological polar surface area (TPSA) is 41.1 Å². The minimum atomic E-state index is -4.41. The van der Waals surface area contributed by atoms with Crippen LogP contribution in [0.5, 0.6) is 0 Å². The highest BCUT2D eigenvalue weighted by Gasteiger charge is 2.32. The van der Waals surface area contributed by atoms with Gasteiger partial charge in [-0.25, -0.2) is 0 Å². The van der Waals surface area contributed by atoms with Gasteiger partial charge in [-0.2, -0.15) is 13.2 Å². The minimum Gasteiger partial charge on any atom is -0.361 e. The summed E-state index contributed by atoms with van der Waals surface area (Å²) in [5, 5.41) is 5.77. The minimum absolute atomic E-state index is 0.306. The fourth-order valence-electron chi connectivity index (χ4n) is 2.50. The lowest BCUT2D eigenvalue weighted by molar-refractivity contribution is -0.137. The number of aryl methyl sites for hydroxylation is 1. The van der Waals surface area contributed by atoms with Gasteiger partial charge in [0.15, 0.2) is 0 Å². The molecule has 0 fully saturated rings. The average molecular weight is 306 g/mol. The van der Waals surface area contributed by atoms with E-state index in [0.29, 0.717) is 16.8 Å². The summed E-state index contributed by atoms with van der Waals surface area (Å²) in [5.41, 5.74) is 1.62. The molecule has 2 aromatic carbocycles. The van der Waals surface area contributed by atoms with Crippen LogP contribution in [-0.2, 0) is 6.18 Å². The molecule has 3 rings (SSSR count). The molecule has 6 heteroatoms. The smallest absolute Gasteiger partial charge is 0.361 e. The van der Waals surface area contributed by atoms with Crippen LogP contribution in [-0.4, -0.2) is 5.91 Å². The van der Waals surface area contributed by atoms with Gasteiger partial charge in [0.1, 0.15) is 6.17 Å². The van der Waals surface area contributed by atoms with E-state index in [1.165, 1.54) is 6.07 Å². The number of halogens is 3. The van der Waals surface area contributed by atoms with Gasteiger partial charge >= 0.3 is 6.18 Å². The lowest BCUT2D eigenvalue weighted by Gasteiger charge is -2.29. The second kappa shape index (κ2) is 5.05. The van der Waals surface area contributed by atoms with Crippen molar-refractivity contribution < 1.29 is 18.0 Å². The molecule has 1 heterocycles. The van der Waals surface area contributed by atoms with Crippen LogP contribution >= 0.6 is 0 Å². The number of carbonyl (C=O) groups is 1. The van der Waals surface area contributed by atoms with Crippen LogP contribution in [0.2, 0.25) is 0 Å². The Hall–Kier alpha value is -2.50. The van der Waals surface area contributed by atoms with Crippen molar-refractivity contribution in [2.45, 2.75) is 19.3 Å². The van der Waals surface area contributed by atoms with Crippen molar-refractivity contribution in [2.24, 2.45) is 0 Å². The number of hydrogen-bond donors (Lipinski definition) is 2. The van der Waals surface area contributed by atoms with Crippen molar-refractivity contribution >= 4 is 11.6 Å². The molecule has 0 spiro atoms. The van der Waals surface area contributed by atoms with Crippen LogP contribution < -0.4 is 10.6 Å². The largest absolute Gasteiger partial charge is 0.416 e. The molecule has 1 atom stereocenters. The molecule has 1 aliphatic rings. The van der Waals surface area contributed by atoms with Crippen molar-refractivity contribution in [3.8, 4) is 0 Å². The van der Waals surface area contributed by atoms with Crippen LogP contribution in [0.4, 0.5) is 18.9 Å².